The van der Waals surface area contributed by atoms with Crippen molar-refractivity contribution in [2.45, 2.75) is 32.1 Å². The second-order valence-corrected chi connectivity index (χ2v) is 4.75. The maximum Gasteiger partial charge on any atom is -0.00110 e. The van der Waals surface area contributed by atoms with Gasteiger partial charge >= 0.3 is 0 Å². The van der Waals surface area contributed by atoms with Crippen LogP contribution in [0.4, 0.5) is 0 Å². The van der Waals surface area contributed by atoms with E-state index >= 15 is 0 Å². The van der Waals surface area contributed by atoms with Crippen LogP contribution in [0.2, 0.25) is 0 Å². The molecule has 1 heterocycles. The second kappa shape index (κ2) is 7.55. The Bertz CT molecular complexity index is 139. The fraction of sp³-hybridized carbons (Fsp3) is 1.00. The summed E-state index contributed by atoms with van der Waals surface area (Å²) in [5, 5.41) is 0. The Kier molecular flexibility index (Phi) is 6.65. The van der Waals surface area contributed by atoms with E-state index in [1.807, 2.05) is 0 Å². The fourth-order valence-electron chi connectivity index (χ4n) is 2.14. The predicted molar refractivity (Wildman–Crippen MR) is 65.9 cm³/mol. The number of nitrogens with zero attached hydrogens (tertiary/aromatic N) is 1. The summed E-state index contributed by atoms with van der Waals surface area (Å²) in [4.78, 5) is 2.58. The molecule has 0 aromatic carbocycles. The van der Waals surface area contributed by atoms with Gasteiger partial charge in [0.15, 0.2) is 0 Å². The molecule has 2 nitrogen and oxygen atoms in total. The van der Waals surface area contributed by atoms with Gasteiger partial charge in [0.05, 0.1) is 0 Å². The fourth-order valence-corrected chi connectivity index (χ4v) is 2.28. The number of likely N-dealkylation sites (tertiary alicyclic amines) is 1. The van der Waals surface area contributed by atoms with Gasteiger partial charge in [-0.2, -0.15) is 12.6 Å². The zero-order valence-electron chi connectivity index (χ0n) is 9.12. The van der Waals surface area contributed by atoms with E-state index in [1.165, 1.54) is 51.7 Å². The third-order valence-electron chi connectivity index (χ3n) is 3.16. The average Bonchev–Trinajstić information content (AvgIpc) is 2.17. The SMILES string of the molecule is NCC1CCCCN(CCCS)CC1. The molecule has 14 heavy (non-hydrogen) atoms. The van der Waals surface area contributed by atoms with E-state index in [0.717, 1.165) is 18.2 Å². The highest BCUT2D eigenvalue weighted by Crippen LogP contribution is 2.16. The molecule has 1 rings (SSSR count). The molecule has 1 aliphatic heterocycles. The van der Waals surface area contributed by atoms with Crippen molar-refractivity contribution in [3.63, 3.8) is 0 Å². The molecule has 0 spiro atoms. The van der Waals surface area contributed by atoms with Gasteiger partial charge < -0.3 is 10.6 Å². The molecule has 0 saturated carbocycles. The molecule has 1 saturated heterocycles. The number of hydrogen-bond acceptors (Lipinski definition) is 3. The van der Waals surface area contributed by atoms with Crippen LogP contribution in [0, 0.1) is 5.92 Å². The highest BCUT2D eigenvalue weighted by atomic mass is 32.1. The first kappa shape index (κ1) is 12.3. The molecule has 0 aliphatic carbocycles. The van der Waals surface area contributed by atoms with Crippen LogP contribution in [-0.4, -0.2) is 36.8 Å². The third kappa shape index (κ3) is 4.67. The van der Waals surface area contributed by atoms with Crippen LogP contribution >= 0.6 is 12.6 Å². The number of hydrogen-bond donors (Lipinski definition) is 2. The number of thiol groups is 1. The lowest BCUT2D eigenvalue weighted by Crippen LogP contribution is -2.32. The highest BCUT2D eigenvalue weighted by molar-refractivity contribution is 7.80. The van der Waals surface area contributed by atoms with Crippen molar-refractivity contribution >= 4 is 12.6 Å². The first-order chi connectivity index (χ1) is 6.86. The summed E-state index contributed by atoms with van der Waals surface area (Å²) in [6, 6.07) is 0. The van der Waals surface area contributed by atoms with Crippen LogP contribution in [0.15, 0.2) is 0 Å². The molecule has 84 valence electrons. The largest absolute Gasteiger partial charge is 0.330 e. The molecule has 0 aromatic rings. The van der Waals surface area contributed by atoms with Crippen molar-refractivity contribution < 1.29 is 0 Å². The van der Waals surface area contributed by atoms with Gasteiger partial charge in [0.25, 0.3) is 0 Å². The van der Waals surface area contributed by atoms with Gasteiger partial charge in [0.2, 0.25) is 0 Å². The third-order valence-corrected chi connectivity index (χ3v) is 3.47. The Morgan fingerprint density at radius 3 is 2.79 bits per heavy atom. The van der Waals surface area contributed by atoms with Crippen molar-refractivity contribution in [2.24, 2.45) is 11.7 Å². The summed E-state index contributed by atoms with van der Waals surface area (Å²) in [5.74, 6) is 1.78. The molecule has 0 bridgehead atoms. The Labute approximate surface area is 93.6 Å². The van der Waals surface area contributed by atoms with Gasteiger partial charge in [-0.25, -0.2) is 0 Å². The minimum absolute atomic E-state index is 0.772. The minimum Gasteiger partial charge on any atom is -0.330 e. The maximum absolute atomic E-state index is 5.74. The summed E-state index contributed by atoms with van der Waals surface area (Å²) in [6.45, 7) is 4.63. The van der Waals surface area contributed by atoms with Crippen LogP contribution in [0.25, 0.3) is 0 Å². The molecule has 0 aromatic heterocycles. The van der Waals surface area contributed by atoms with Gasteiger partial charge in [-0.15, -0.1) is 0 Å². The van der Waals surface area contributed by atoms with Crippen molar-refractivity contribution in [1.82, 2.24) is 4.90 Å². The average molecular weight is 216 g/mol. The lowest BCUT2D eigenvalue weighted by molar-refractivity contribution is 0.222. The van der Waals surface area contributed by atoms with Crippen molar-refractivity contribution in [2.75, 3.05) is 31.9 Å². The van der Waals surface area contributed by atoms with Gasteiger partial charge in [0.1, 0.15) is 0 Å². The standard InChI is InChI=1S/C11H24N2S/c12-10-11-4-1-2-6-13(8-5-11)7-3-9-14/h11,14H,1-10,12H2. The normalized spacial score (nSPS) is 25.7. The van der Waals surface area contributed by atoms with E-state index in [4.69, 9.17) is 5.73 Å². The van der Waals surface area contributed by atoms with Gasteiger partial charge in [-0.1, -0.05) is 6.42 Å². The summed E-state index contributed by atoms with van der Waals surface area (Å²) in [6.07, 6.45) is 6.57. The smallest absolute Gasteiger partial charge is 0.00110 e. The van der Waals surface area contributed by atoms with Gasteiger partial charge in [-0.3, -0.25) is 0 Å². The van der Waals surface area contributed by atoms with E-state index in [9.17, 15) is 0 Å². The van der Waals surface area contributed by atoms with Crippen molar-refractivity contribution in [3.8, 4) is 0 Å². The molecular weight excluding hydrogens is 192 g/mol. The van der Waals surface area contributed by atoms with Crippen molar-refractivity contribution in [3.05, 3.63) is 0 Å². The van der Waals surface area contributed by atoms with Crippen LogP contribution < -0.4 is 5.73 Å². The molecule has 1 aliphatic rings. The number of nitrogens with two attached hydrogens (primary N) is 1. The molecular formula is C11H24N2S. The Morgan fingerprint density at radius 2 is 2.07 bits per heavy atom. The van der Waals surface area contributed by atoms with E-state index < -0.39 is 0 Å². The first-order valence-corrected chi connectivity index (χ1v) is 6.53. The van der Waals surface area contributed by atoms with E-state index in [1.54, 1.807) is 0 Å². The van der Waals surface area contributed by atoms with Crippen LogP contribution in [-0.2, 0) is 0 Å². The molecule has 1 atom stereocenters. The molecule has 1 unspecified atom stereocenters. The van der Waals surface area contributed by atoms with E-state index in [0.29, 0.717) is 0 Å². The van der Waals surface area contributed by atoms with E-state index in [2.05, 4.69) is 17.5 Å². The first-order valence-electron chi connectivity index (χ1n) is 5.90. The van der Waals surface area contributed by atoms with Gasteiger partial charge in [-0.05, 0) is 63.5 Å². The summed E-state index contributed by atoms with van der Waals surface area (Å²) in [5.41, 5.74) is 5.74. The van der Waals surface area contributed by atoms with Crippen molar-refractivity contribution in [1.29, 1.82) is 0 Å². The molecule has 3 heteroatoms. The summed E-state index contributed by atoms with van der Waals surface area (Å²) >= 11 is 4.26. The predicted octanol–water partition coefficient (Wildman–Crippen LogP) is 1.76. The zero-order chi connectivity index (χ0) is 10.2. The summed E-state index contributed by atoms with van der Waals surface area (Å²) in [7, 11) is 0. The minimum atomic E-state index is 0.772. The van der Waals surface area contributed by atoms with Crippen LogP contribution in [0.5, 0.6) is 0 Å². The topological polar surface area (TPSA) is 29.3 Å². The van der Waals surface area contributed by atoms with Gasteiger partial charge in [0, 0.05) is 0 Å². The maximum atomic E-state index is 5.74. The van der Waals surface area contributed by atoms with Crippen LogP contribution in [0.3, 0.4) is 0 Å². The molecule has 0 amide bonds. The molecule has 2 N–H and O–H groups in total. The summed E-state index contributed by atoms with van der Waals surface area (Å²) < 4.78 is 0. The highest BCUT2D eigenvalue weighted by Gasteiger charge is 2.13. The molecule has 1 fully saturated rings. The molecule has 0 radical (unpaired) electrons. The lowest BCUT2D eigenvalue weighted by atomic mass is 9.96. The van der Waals surface area contributed by atoms with E-state index in [-0.39, 0.29) is 0 Å². The van der Waals surface area contributed by atoms with Crippen LogP contribution in [0.1, 0.15) is 32.1 Å². The Morgan fingerprint density at radius 1 is 1.21 bits per heavy atom. The lowest BCUT2D eigenvalue weighted by Gasteiger charge is -2.27. The Hall–Kier alpha value is 0.270. The zero-order valence-corrected chi connectivity index (χ0v) is 10.0. The Balaban J connectivity index is 2.23. The quantitative estimate of drug-likeness (QED) is 0.701. The second-order valence-electron chi connectivity index (χ2n) is 4.30. The number of rotatable bonds is 4. The monoisotopic (exact) mass is 216 g/mol.